The van der Waals surface area contributed by atoms with Gasteiger partial charge in [0.2, 0.25) is 0 Å². The number of piperidine rings is 1. The molecule has 0 unspecified atom stereocenters. The number of halogens is 1. The molecule has 170 valence electrons. The van der Waals surface area contributed by atoms with E-state index >= 15 is 0 Å². The standard InChI is InChI=1S/C23H33N5O2.HI/c1-2-24-23(26-13-12-25-22(29)21-7-6-16-30-21)27-17-19-8-10-20(11-9-19)18-28-14-4-3-5-15-28;/h6-11,16H,2-5,12-15,17-18H2,1H3,(H,25,29)(H2,24,26,27);1H. The molecule has 1 aliphatic heterocycles. The second kappa shape index (κ2) is 14.1. The molecule has 1 fully saturated rings. The molecule has 1 aromatic carbocycles. The molecule has 0 bridgehead atoms. The smallest absolute Gasteiger partial charge is 0.287 e. The molecule has 31 heavy (non-hydrogen) atoms. The van der Waals surface area contributed by atoms with E-state index in [4.69, 9.17) is 4.42 Å². The highest BCUT2D eigenvalue weighted by molar-refractivity contribution is 14.0. The van der Waals surface area contributed by atoms with Gasteiger partial charge >= 0.3 is 0 Å². The van der Waals surface area contributed by atoms with E-state index in [0.29, 0.717) is 25.4 Å². The van der Waals surface area contributed by atoms with Crippen molar-refractivity contribution in [2.75, 3.05) is 32.7 Å². The molecule has 7 nitrogen and oxygen atoms in total. The van der Waals surface area contributed by atoms with Gasteiger partial charge in [0.15, 0.2) is 11.7 Å². The number of furan rings is 1. The van der Waals surface area contributed by atoms with Gasteiger partial charge < -0.3 is 20.4 Å². The summed E-state index contributed by atoms with van der Waals surface area (Å²) in [4.78, 5) is 19.0. The molecule has 0 spiro atoms. The Morgan fingerprint density at radius 1 is 1.00 bits per heavy atom. The third-order valence-corrected chi connectivity index (χ3v) is 5.09. The number of amides is 1. The average molecular weight is 539 g/mol. The Bertz CT molecular complexity index is 787. The molecule has 1 aromatic heterocycles. The minimum atomic E-state index is -0.214. The van der Waals surface area contributed by atoms with Crippen LogP contribution in [0.2, 0.25) is 0 Å². The fourth-order valence-corrected chi connectivity index (χ4v) is 3.49. The Balaban J connectivity index is 0.00000341. The predicted octanol–water partition coefficient (Wildman–Crippen LogP) is 3.37. The summed E-state index contributed by atoms with van der Waals surface area (Å²) in [5.74, 6) is 0.842. The highest BCUT2D eigenvalue weighted by Crippen LogP contribution is 2.14. The number of aliphatic imine (C=N–C) groups is 1. The van der Waals surface area contributed by atoms with E-state index < -0.39 is 0 Å². The molecule has 0 atom stereocenters. The fraction of sp³-hybridized carbons (Fsp3) is 0.478. The van der Waals surface area contributed by atoms with E-state index in [1.165, 1.54) is 49.7 Å². The third-order valence-electron chi connectivity index (χ3n) is 5.09. The van der Waals surface area contributed by atoms with Gasteiger partial charge in [0.1, 0.15) is 0 Å². The first-order valence-electron chi connectivity index (χ1n) is 10.9. The highest BCUT2D eigenvalue weighted by atomic mass is 127. The molecule has 1 amide bonds. The number of benzene rings is 1. The van der Waals surface area contributed by atoms with Crippen LogP contribution in [0.1, 0.15) is 47.9 Å². The summed E-state index contributed by atoms with van der Waals surface area (Å²) >= 11 is 0. The molecular formula is C23H34IN5O2. The van der Waals surface area contributed by atoms with Crippen molar-refractivity contribution >= 4 is 35.8 Å². The van der Waals surface area contributed by atoms with E-state index in [0.717, 1.165) is 19.0 Å². The van der Waals surface area contributed by atoms with Gasteiger partial charge in [-0.15, -0.1) is 24.0 Å². The number of rotatable bonds is 9. The van der Waals surface area contributed by atoms with Crippen LogP contribution in [0.25, 0.3) is 0 Å². The normalized spacial score (nSPS) is 14.5. The van der Waals surface area contributed by atoms with E-state index in [9.17, 15) is 4.79 Å². The largest absolute Gasteiger partial charge is 0.459 e. The molecule has 0 radical (unpaired) electrons. The SMILES string of the molecule is CCNC(=NCc1ccc(CN2CCCCC2)cc1)NCCNC(=O)c1ccco1.I. The number of carbonyl (C=O) groups is 1. The Morgan fingerprint density at radius 2 is 1.71 bits per heavy atom. The number of nitrogens with one attached hydrogen (secondary N) is 3. The molecule has 2 aromatic rings. The van der Waals surface area contributed by atoms with Gasteiger partial charge in [-0.3, -0.25) is 9.69 Å². The molecule has 1 saturated heterocycles. The number of guanidine groups is 1. The van der Waals surface area contributed by atoms with Crippen molar-refractivity contribution in [3.8, 4) is 0 Å². The summed E-state index contributed by atoms with van der Waals surface area (Å²) in [6.07, 6.45) is 5.49. The van der Waals surface area contributed by atoms with Crippen molar-refractivity contribution in [2.24, 2.45) is 4.99 Å². The average Bonchev–Trinajstić information content (AvgIpc) is 3.32. The second-order valence-electron chi connectivity index (χ2n) is 7.51. The van der Waals surface area contributed by atoms with Crippen molar-refractivity contribution < 1.29 is 9.21 Å². The lowest BCUT2D eigenvalue weighted by molar-refractivity contribution is 0.0926. The zero-order valence-corrected chi connectivity index (χ0v) is 20.6. The molecule has 0 aliphatic carbocycles. The summed E-state index contributed by atoms with van der Waals surface area (Å²) in [6.45, 7) is 7.94. The second-order valence-corrected chi connectivity index (χ2v) is 7.51. The molecule has 3 rings (SSSR count). The maximum absolute atomic E-state index is 11.9. The first-order chi connectivity index (χ1) is 14.7. The number of likely N-dealkylation sites (tertiary alicyclic amines) is 1. The summed E-state index contributed by atoms with van der Waals surface area (Å²) in [5, 5.41) is 9.29. The van der Waals surface area contributed by atoms with Crippen molar-refractivity contribution in [2.45, 2.75) is 39.3 Å². The summed E-state index contributed by atoms with van der Waals surface area (Å²) in [7, 11) is 0. The molecule has 1 aliphatic rings. The highest BCUT2D eigenvalue weighted by Gasteiger charge is 2.10. The van der Waals surface area contributed by atoms with Gasteiger partial charge in [-0.2, -0.15) is 0 Å². The van der Waals surface area contributed by atoms with Crippen LogP contribution in [0.4, 0.5) is 0 Å². The van der Waals surface area contributed by atoms with E-state index in [-0.39, 0.29) is 29.9 Å². The lowest BCUT2D eigenvalue weighted by Gasteiger charge is -2.26. The number of hydrogen-bond acceptors (Lipinski definition) is 4. The van der Waals surface area contributed by atoms with Gasteiger partial charge in [0, 0.05) is 26.2 Å². The lowest BCUT2D eigenvalue weighted by atomic mass is 10.1. The third kappa shape index (κ3) is 8.90. The molecule has 8 heteroatoms. The van der Waals surface area contributed by atoms with Crippen molar-refractivity contribution in [3.05, 3.63) is 59.5 Å². The monoisotopic (exact) mass is 539 g/mol. The van der Waals surface area contributed by atoms with Crippen LogP contribution in [0.5, 0.6) is 0 Å². The van der Waals surface area contributed by atoms with Crippen molar-refractivity contribution in [3.63, 3.8) is 0 Å². The number of hydrogen-bond donors (Lipinski definition) is 3. The van der Waals surface area contributed by atoms with E-state index in [1.54, 1.807) is 12.1 Å². The minimum absolute atomic E-state index is 0. The van der Waals surface area contributed by atoms with Gasteiger partial charge in [-0.1, -0.05) is 30.7 Å². The van der Waals surface area contributed by atoms with Crippen LogP contribution in [0.3, 0.4) is 0 Å². The summed E-state index contributed by atoms with van der Waals surface area (Å²) in [6, 6.07) is 12.1. The van der Waals surface area contributed by atoms with Gasteiger partial charge in [-0.25, -0.2) is 4.99 Å². The molecule has 0 saturated carbocycles. The van der Waals surface area contributed by atoms with Crippen LogP contribution in [0, 0.1) is 0 Å². The number of nitrogens with zero attached hydrogens (tertiary/aromatic N) is 2. The van der Waals surface area contributed by atoms with E-state index in [2.05, 4.69) is 50.1 Å². The van der Waals surface area contributed by atoms with Crippen LogP contribution >= 0.6 is 24.0 Å². The Labute approximate surface area is 202 Å². The first kappa shape index (κ1) is 25.2. The minimum Gasteiger partial charge on any atom is -0.459 e. The Kier molecular flexibility index (Phi) is 11.4. The maximum atomic E-state index is 11.9. The molecular weight excluding hydrogens is 505 g/mol. The van der Waals surface area contributed by atoms with Crippen LogP contribution < -0.4 is 16.0 Å². The summed E-state index contributed by atoms with van der Waals surface area (Å²) in [5.41, 5.74) is 2.54. The maximum Gasteiger partial charge on any atom is 0.287 e. The fourth-order valence-electron chi connectivity index (χ4n) is 3.49. The zero-order valence-electron chi connectivity index (χ0n) is 18.2. The number of carbonyl (C=O) groups excluding carboxylic acids is 1. The Morgan fingerprint density at radius 3 is 2.39 bits per heavy atom. The predicted molar refractivity (Wildman–Crippen MR) is 135 cm³/mol. The van der Waals surface area contributed by atoms with Crippen LogP contribution in [-0.2, 0) is 13.1 Å². The molecule has 3 N–H and O–H groups in total. The van der Waals surface area contributed by atoms with Crippen molar-refractivity contribution in [1.82, 2.24) is 20.9 Å². The van der Waals surface area contributed by atoms with Crippen LogP contribution in [0.15, 0.2) is 52.1 Å². The Hall–Kier alpha value is -2.07. The zero-order chi connectivity index (χ0) is 21.0. The first-order valence-corrected chi connectivity index (χ1v) is 10.9. The summed E-state index contributed by atoms with van der Waals surface area (Å²) < 4.78 is 5.08. The van der Waals surface area contributed by atoms with Gasteiger partial charge in [0.05, 0.1) is 12.8 Å². The quantitative estimate of drug-likeness (QED) is 0.197. The van der Waals surface area contributed by atoms with Crippen LogP contribution in [-0.4, -0.2) is 49.5 Å². The molecule has 2 heterocycles. The topological polar surface area (TPSA) is 81.9 Å². The van der Waals surface area contributed by atoms with Crippen molar-refractivity contribution in [1.29, 1.82) is 0 Å². The van der Waals surface area contributed by atoms with Gasteiger partial charge in [-0.05, 0) is 56.1 Å². The van der Waals surface area contributed by atoms with E-state index in [1.807, 2.05) is 6.92 Å². The lowest BCUT2D eigenvalue weighted by Crippen LogP contribution is -2.41. The van der Waals surface area contributed by atoms with Gasteiger partial charge in [0.25, 0.3) is 5.91 Å².